The predicted molar refractivity (Wildman–Crippen MR) is 96.9 cm³/mol. The molecular formula is C19H24ClF2N3O3. The number of hydrogen-bond donors (Lipinski definition) is 0. The molecule has 0 aromatic carbocycles. The lowest BCUT2D eigenvalue weighted by atomic mass is 9.61. The summed E-state index contributed by atoms with van der Waals surface area (Å²) >= 11 is 5.71. The number of carbonyl (C=O) groups is 2. The quantitative estimate of drug-likeness (QED) is 0.758. The third-order valence-corrected chi connectivity index (χ3v) is 6.65. The highest BCUT2D eigenvalue weighted by Gasteiger charge is 2.50. The summed E-state index contributed by atoms with van der Waals surface area (Å²) in [6, 6.07) is 1.60. The fourth-order valence-corrected chi connectivity index (χ4v) is 4.83. The van der Waals surface area contributed by atoms with Gasteiger partial charge in [0.2, 0.25) is 11.8 Å². The van der Waals surface area contributed by atoms with Crippen molar-refractivity contribution >= 4 is 23.4 Å². The molecule has 3 atom stereocenters. The van der Waals surface area contributed by atoms with Crippen molar-refractivity contribution in [1.29, 1.82) is 0 Å². The van der Waals surface area contributed by atoms with Crippen LogP contribution < -0.4 is 0 Å². The van der Waals surface area contributed by atoms with Crippen LogP contribution in [0.5, 0.6) is 0 Å². The van der Waals surface area contributed by atoms with Crippen molar-refractivity contribution in [2.45, 2.75) is 44.4 Å². The molecule has 2 saturated heterocycles. The summed E-state index contributed by atoms with van der Waals surface area (Å²) in [5, 5.41) is 3.87. The van der Waals surface area contributed by atoms with Crippen LogP contribution in [0.4, 0.5) is 8.78 Å². The first kappa shape index (κ1) is 19.6. The molecule has 3 fully saturated rings. The Morgan fingerprint density at radius 1 is 1.25 bits per heavy atom. The molecule has 1 aromatic heterocycles. The maximum absolute atomic E-state index is 13.3. The van der Waals surface area contributed by atoms with Gasteiger partial charge in [-0.1, -0.05) is 16.8 Å². The Bertz CT molecular complexity index is 747. The van der Waals surface area contributed by atoms with Crippen molar-refractivity contribution in [3.63, 3.8) is 0 Å². The van der Waals surface area contributed by atoms with E-state index in [1.165, 1.54) is 0 Å². The van der Waals surface area contributed by atoms with Crippen molar-refractivity contribution in [3.05, 3.63) is 17.0 Å². The van der Waals surface area contributed by atoms with Crippen LogP contribution in [0.3, 0.4) is 0 Å². The summed E-state index contributed by atoms with van der Waals surface area (Å²) in [5.41, 5.74) is 0. The van der Waals surface area contributed by atoms with E-state index in [4.69, 9.17) is 16.1 Å². The molecule has 2 aliphatic heterocycles. The molecule has 3 heterocycles. The number of aryl methyl sites for hydroxylation is 1. The first-order valence-corrected chi connectivity index (χ1v) is 10.3. The number of nitrogens with zero attached hydrogens (tertiary/aromatic N) is 3. The van der Waals surface area contributed by atoms with E-state index in [2.05, 4.69) is 5.16 Å². The Labute approximate surface area is 167 Å². The summed E-state index contributed by atoms with van der Waals surface area (Å²) in [6.45, 7) is 1.53. The van der Waals surface area contributed by atoms with E-state index < -0.39 is 5.92 Å². The smallest absolute Gasteiger partial charge is 0.251 e. The van der Waals surface area contributed by atoms with Gasteiger partial charge >= 0.3 is 0 Å². The molecule has 0 unspecified atom stereocenters. The molecule has 28 heavy (non-hydrogen) atoms. The van der Waals surface area contributed by atoms with Crippen molar-refractivity contribution in [2.75, 3.05) is 26.2 Å². The number of likely N-dealkylation sites (tertiary alicyclic amines) is 2. The van der Waals surface area contributed by atoms with Gasteiger partial charge < -0.3 is 14.3 Å². The molecule has 4 rings (SSSR count). The molecule has 6 nitrogen and oxygen atoms in total. The summed E-state index contributed by atoms with van der Waals surface area (Å²) in [6.07, 6.45) is 1.95. The SMILES string of the molecule is O=C(CCc1cc(Cl)no1)N1CC[C@@H]2C[C@@H](C(=O)N3CCC(F)(F)CC3)[C@@H]2C1. The zero-order valence-corrected chi connectivity index (χ0v) is 16.3. The van der Waals surface area contributed by atoms with Gasteiger partial charge in [0.05, 0.1) is 0 Å². The van der Waals surface area contributed by atoms with Gasteiger partial charge in [0.15, 0.2) is 5.15 Å². The standard InChI is InChI=1S/C19H24ClF2N3O3/c20-16-10-13(28-23-16)1-2-17(26)25-6-3-12-9-14(15(12)11-25)18(27)24-7-4-19(21,22)5-8-24/h10,12,14-15H,1-9,11H2/t12-,14-,15-/m1/s1. The molecule has 1 aromatic rings. The van der Waals surface area contributed by atoms with E-state index >= 15 is 0 Å². The van der Waals surface area contributed by atoms with Crippen LogP contribution in [0, 0.1) is 17.8 Å². The van der Waals surface area contributed by atoms with Crippen LogP contribution in [-0.2, 0) is 16.0 Å². The molecule has 0 radical (unpaired) electrons. The third-order valence-electron chi connectivity index (χ3n) is 6.47. The van der Waals surface area contributed by atoms with Gasteiger partial charge in [0.25, 0.3) is 5.92 Å². The summed E-state index contributed by atoms with van der Waals surface area (Å²) in [7, 11) is 0. The van der Waals surface area contributed by atoms with Crippen LogP contribution in [0.1, 0.15) is 37.9 Å². The van der Waals surface area contributed by atoms with E-state index in [-0.39, 0.29) is 54.7 Å². The van der Waals surface area contributed by atoms with E-state index in [1.807, 2.05) is 4.90 Å². The van der Waals surface area contributed by atoms with Gasteiger partial charge in [-0.05, 0) is 24.7 Å². The zero-order valence-electron chi connectivity index (χ0n) is 15.6. The Hall–Kier alpha value is -1.70. The zero-order chi connectivity index (χ0) is 19.9. The first-order valence-electron chi connectivity index (χ1n) is 9.88. The lowest BCUT2D eigenvalue weighted by Gasteiger charge is -2.51. The molecule has 9 heteroatoms. The van der Waals surface area contributed by atoms with Crippen molar-refractivity contribution in [3.8, 4) is 0 Å². The normalized spacial score (nSPS) is 29.2. The van der Waals surface area contributed by atoms with E-state index in [0.29, 0.717) is 37.6 Å². The minimum Gasteiger partial charge on any atom is -0.360 e. The average molecular weight is 416 g/mol. The summed E-state index contributed by atoms with van der Waals surface area (Å²) in [5.74, 6) is -1.60. The fourth-order valence-electron chi connectivity index (χ4n) is 4.68. The Balaban J connectivity index is 1.29. The van der Waals surface area contributed by atoms with Crippen molar-refractivity contribution in [2.24, 2.45) is 17.8 Å². The largest absolute Gasteiger partial charge is 0.360 e. The Kier molecular flexibility index (Phi) is 5.33. The maximum Gasteiger partial charge on any atom is 0.251 e. The Morgan fingerprint density at radius 2 is 2.00 bits per heavy atom. The lowest BCUT2D eigenvalue weighted by molar-refractivity contribution is -0.156. The average Bonchev–Trinajstić information content (AvgIpc) is 3.06. The second kappa shape index (κ2) is 7.61. The van der Waals surface area contributed by atoms with E-state index in [9.17, 15) is 18.4 Å². The number of carbonyl (C=O) groups excluding carboxylic acids is 2. The molecule has 1 saturated carbocycles. The van der Waals surface area contributed by atoms with Gasteiger partial charge in [-0.2, -0.15) is 0 Å². The minimum absolute atomic E-state index is 0.0117. The molecule has 1 aliphatic carbocycles. The van der Waals surface area contributed by atoms with Gasteiger partial charge in [-0.25, -0.2) is 8.78 Å². The highest BCUT2D eigenvalue weighted by molar-refractivity contribution is 6.29. The summed E-state index contributed by atoms with van der Waals surface area (Å²) in [4.78, 5) is 28.8. The monoisotopic (exact) mass is 415 g/mol. The van der Waals surface area contributed by atoms with Gasteiger partial charge in [-0.3, -0.25) is 9.59 Å². The van der Waals surface area contributed by atoms with Gasteiger partial charge in [0.1, 0.15) is 5.76 Å². The number of alkyl halides is 2. The van der Waals surface area contributed by atoms with Crippen LogP contribution in [0.2, 0.25) is 5.15 Å². The van der Waals surface area contributed by atoms with Gasteiger partial charge in [0, 0.05) is 63.8 Å². The number of aromatic nitrogens is 1. The molecule has 2 amide bonds. The second-order valence-electron chi connectivity index (χ2n) is 8.19. The topological polar surface area (TPSA) is 66.7 Å². The molecule has 0 bridgehead atoms. The lowest BCUT2D eigenvalue weighted by Crippen LogP contribution is -2.57. The fraction of sp³-hybridized carbons (Fsp3) is 0.737. The number of amides is 2. The van der Waals surface area contributed by atoms with Crippen LogP contribution in [-0.4, -0.2) is 58.9 Å². The number of fused-ring (bicyclic) bond motifs is 1. The van der Waals surface area contributed by atoms with Gasteiger partial charge in [-0.15, -0.1) is 0 Å². The van der Waals surface area contributed by atoms with Crippen LogP contribution in [0.15, 0.2) is 10.6 Å². The highest BCUT2D eigenvalue weighted by Crippen LogP contribution is 2.47. The molecule has 0 spiro atoms. The minimum atomic E-state index is -2.65. The summed E-state index contributed by atoms with van der Waals surface area (Å²) < 4.78 is 31.7. The molecular weight excluding hydrogens is 392 g/mol. The van der Waals surface area contributed by atoms with E-state index in [1.54, 1.807) is 11.0 Å². The molecule has 3 aliphatic rings. The first-order chi connectivity index (χ1) is 13.3. The van der Waals surface area contributed by atoms with Crippen molar-refractivity contribution < 1.29 is 22.9 Å². The Morgan fingerprint density at radius 3 is 2.68 bits per heavy atom. The van der Waals surface area contributed by atoms with Crippen LogP contribution in [0.25, 0.3) is 0 Å². The van der Waals surface area contributed by atoms with Crippen LogP contribution >= 0.6 is 11.6 Å². The predicted octanol–water partition coefficient (Wildman–Crippen LogP) is 3.00. The number of rotatable bonds is 4. The highest BCUT2D eigenvalue weighted by atomic mass is 35.5. The van der Waals surface area contributed by atoms with E-state index in [0.717, 1.165) is 12.8 Å². The maximum atomic E-state index is 13.3. The number of halogens is 3. The third kappa shape index (κ3) is 4.02. The van der Waals surface area contributed by atoms with Crippen molar-refractivity contribution in [1.82, 2.24) is 15.0 Å². The second-order valence-corrected chi connectivity index (χ2v) is 8.58. The molecule has 0 N–H and O–H groups in total. The number of hydrogen-bond acceptors (Lipinski definition) is 4. The molecule has 154 valence electrons. The number of piperidine rings is 2.